The Morgan fingerprint density at radius 1 is 0.962 bits per heavy atom. The topological polar surface area (TPSA) is 102 Å². The van der Waals surface area contributed by atoms with E-state index in [0.29, 0.717) is 27.3 Å². The molecule has 0 radical (unpaired) electrons. The quantitative estimate of drug-likeness (QED) is 0.670. The molecular weight excluding hydrogens is 376 g/mol. The number of thiazole rings is 2. The summed E-state index contributed by atoms with van der Waals surface area (Å²) < 4.78 is 10.3. The highest BCUT2D eigenvalue weighted by Gasteiger charge is 2.15. The molecule has 2 aromatic heterocycles. The molecule has 134 valence electrons. The second kappa shape index (κ2) is 7.93. The minimum absolute atomic E-state index is 0.198. The monoisotopic (exact) mass is 390 g/mol. The Bertz CT molecular complexity index is 902. The van der Waals surface area contributed by atoms with Gasteiger partial charge in [0.25, 0.3) is 11.8 Å². The number of ether oxygens (including phenoxy) is 2. The van der Waals surface area contributed by atoms with Gasteiger partial charge in [-0.1, -0.05) is 0 Å². The Morgan fingerprint density at radius 3 is 2.27 bits per heavy atom. The second-order valence-corrected chi connectivity index (χ2v) is 6.64. The Morgan fingerprint density at radius 2 is 1.65 bits per heavy atom. The summed E-state index contributed by atoms with van der Waals surface area (Å²) in [6, 6.07) is 4.84. The highest BCUT2D eigenvalue weighted by Crippen LogP contribution is 2.24. The standard InChI is InChI=1S/C16H14N4O4S2/c1-23-10-5-9(6-11(7-10)24-2)13(21)19-16-18-12(8-26-16)14(22)20-15-17-3-4-25-15/h3-8H,1-2H3,(H,17,20,22)(H,18,19,21). The van der Waals surface area contributed by atoms with E-state index in [1.165, 1.54) is 25.6 Å². The third-order valence-electron chi connectivity index (χ3n) is 3.22. The second-order valence-electron chi connectivity index (χ2n) is 4.88. The molecule has 3 rings (SSSR count). The van der Waals surface area contributed by atoms with Gasteiger partial charge in [-0.15, -0.1) is 22.7 Å². The first kappa shape index (κ1) is 17.8. The summed E-state index contributed by atoms with van der Waals surface area (Å²) in [6.45, 7) is 0. The molecular formula is C16H14N4O4S2. The van der Waals surface area contributed by atoms with Crippen LogP contribution in [0.15, 0.2) is 35.2 Å². The van der Waals surface area contributed by atoms with E-state index >= 15 is 0 Å². The molecule has 1 aromatic carbocycles. The zero-order valence-corrected chi connectivity index (χ0v) is 15.4. The lowest BCUT2D eigenvalue weighted by atomic mass is 10.2. The molecule has 26 heavy (non-hydrogen) atoms. The molecule has 0 saturated heterocycles. The molecule has 2 amide bonds. The molecule has 0 aliphatic heterocycles. The van der Waals surface area contributed by atoms with E-state index in [9.17, 15) is 9.59 Å². The molecule has 0 unspecified atom stereocenters. The molecule has 0 saturated carbocycles. The van der Waals surface area contributed by atoms with Gasteiger partial charge in [0, 0.05) is 28.6 Å². The first-order valence-electron chi connectivity index (χ1n) is 7.30. The highest BCUT2D eigenvalue weighted by atomic mass is 32.1. The van der Waals surface area contributed by atoms with E-state index in [1.807, 2.05) is 0 Å². The van der Waals surface area contributed by atoms with Crippen molar-refractivity contribution in [2.45, 2.75) is 0 Å². The van der Waals surface area contributed by atoms with Crippen LogP contribution in [0.4, 0.5) is 10.3 Å². The molecule has 8 nitrogen and oxygen atoms in total. The van der Waals surface area contributed by atoms with Gasteiger partial charge in [0.15, 0.2) is 10.3 Å². The Balaban J connectivity index is 1.70. The van der Waals surface area contributed by atoms with E-state index in [0.717, 1.165) is 11.3 Å². The molecule has 3 aromatic rings. The maximum Gasteiger partial charge on any atom is 0.276 e. The summed E-state index contributed by atoms with van der Waals surface area (Å²) in [6.07, 6.45) is 1.59. The first-order valence-corrected chi connectivity index (χ1v) is 9.06. The van der Waals surface area contributed by atoms with Crippen molar-refractivity contribution in [1.29, 1.82) is 0 Å². The van der Waals surface area contributed by atoms with Crippen LogP contribution in [0.25, 0.3) is 0 Å². The zero-order valence-electron chi connectivity index (χ0n) is 13.8. The largest absolute Gasteiger partial charge is 0.497 e. The average Bonchev–Trinajstić information content (AvgIpc) is 3.33. The van der Waals surface area contributed by atoms with Crippen molar-refractivity contribution in [1.82, 2.24) is 9.97 Å². The van der Waals surface area contributed by atoms with Crippen molar-refractivity contribution in [3.8, 4) is 11.5 Å². The van der Waals surface area contributed by atoms with Crippen molar-refractivity contribution in [3.05, 3.63) is 46.4 Å². The van der Waals surface area contributed by atoms with Gasteiger partial charge >= 0.3 is 0 Å². The van der Waals surface area contributed by atoms with Gasteiger partial charge in [0.05, 0.1) is 14.2 Å². The van der Waals surface area contributed by atoms with Gasteiger partial charge in [0.1, 0.15) is 17.2 Å². The van der Waals surface area contributed by atoms with Gasteiger partial charge < -0.3 is 9.47 Å². The van der Waals surface area contributed by atoms with Crippen LogP contribution < -0.4 is 20.1 Å². The van der Waals surface area contributed by atoms with Crippen LogP contribution in [0.3, 0.4) is 0 Å². The molecule has 0 atom stereocenters. The molecule has 0 fully saturated rings. The predicted octanol–water partition coefficient (Wildman–Crippen LogP) is 3.12. The zero-order chi connectivity index (χ0) is 18.5. The van der Waals surface area contributed by atoms with Crippen LogP contribution in [0.1, 0.15) is 20.8 Å². The summed E-state index contributed by atoms with van der Waals surface area (Å²) >= 11 is 2.46. The number of rotatable bonds is 6. The lowest BCUT2D eigenvalue weighted by Crippen LogP contribution is -2.14. The molecule has 0 aliphatic rings. The van der Waals surface area contributed by atoms with Crippen molar-refractivity contribution < 1.29 is 19.1 Å². The number of aromatic nitrogens is 2. The molecule has 0 spiro atoms. The van der Waals surface area contributed by atoms with Crippen LogP contribution in [-0.4, -0.2) is 36.0 Å². The number of nitrogens with zero attached hydrogens (tertiary/aromatic N) is 2. The lowest BCUT2D eigenvalue weighted by molar-refractivity contribution is 0.101. The fraction of sp³-hybridized carbons (Fsp3) is 0.125. The van der Waals surface area contributed by atoms with Crippen LogP contribution >= 0.6 is 22.7 Å². The number of anilines is 2. The summed E-state index contributed by atoms with van der Waals surface area (Å²) in [5, 5.41) is 9.40. The van der Waals surface area contributed by atoms with Gasteiger partial charge in [-0.25, -0.2) is 9.97 Å². The molecule has 10 heteroatoms. The summed E-state index contributed by atoms with van der Waals surface area (Å²) in [5.41, 5.74) is 0.550. The van der Waals surface area contributed by atoms with E-state index in [1.54, 1.807) is 35.2 Å². The first-order chi connectivity index (χ1) is 12.6. The fourth-order valence-electron chi connectivity index (χ4n) is 1.99. The van der Waals surface area contributed by atoms with Crippen molar-refractivity contribution in [3.63, 3.8) is 0 Å². The number of benzene rings is 1. The van der Waals surface area contributed by atoms with Gasteiger partial charge in [-0.3, -0.25) is 20.2 Å². The SMILES string of the molecule is COc1cc(OC)cc(C(=O)Nc2nc(C(=O)Nc3nccs3)cs2)c1. The maximum absolute atomic E-state index is 12.4. The van der Waals surface area contributed by atoms with Gasteiger partial charge in [-0.05, 0) is 12.1 Å². The van der Waals surface area contributed by atoms with E-state index in [2.05, 4.69) is 20.6 Å². The molecule has 2 heterocycles. The van der Waals surface area contributed by atoms with E-state index < -0.39 is 0 Å². The van der Waals surface area contributed by atoms with Gasteiger partial charge in [0.2, 0.25) is 0 Å². The summed E-state index contributed by atoms with van der Waals surface area (Å²) in [7, 11) is 3.01. The van der Waals surface area contributed by atoms with Crippen LogP contribution in [0, 0.1) is 0 Å². The Labute approximate surface area is 156 Å². The van der Waals surface area contributed by atoms with Crippen LogP contribution in [-0.2, 0) is 0 Å². The minimum Gasteiger partial charge on any atom is -0.497 e. The van der Waals surface area contributed by atoms with Gasteiger partial charge in [-0.2, -0.15) is 0 Å². The van der Waals surface area contributed by atoms with Crippen LogP contribution in [0.5, 0.6) is 11.5 Å². The number of methoxy groups -OCH3 is 2. The van der Waals surface area contributed by atoms with Crippen LogP contribution in [0.2, 0.25) is 0 Å². The molecule has 2 N–H and O–H groups in total. The van der Waals surface area contributed by atoms with E-state index in [-0.39, 0.29) is 17.5 Å². The van der Waals surface area contributed by atoms with Crippen molar-refractivity contribution in [2.75, 3.05) is 24.9 Å². The number of carbonyl (C=O) groups excluding carboxylic acids is 2. The number of hydrogen-bond acceptors (Lipinski definition) is 8. The molecule has 0 bridgehead atoms. The highest BCUT2D eigenvalue weighted by molar-refractivity contribution is 7.14. The third kappa shape index (κ3) is 4.16. The normalized spacial score (nSPS) is 10.2. The smallest absolute Gasteiger partial charge is 0.276 e. The lowest BCUT2D eigenvalue weighted by Gasteiger charge is -2.08. The third-order valence-corrected chi connectivity index (χ3v) is 4.67. The van der Waals surface area contributed by atoms with Crippen molar-refractivity contribution >= 4 is 44.8 Å². The minimum atomic E-state index is -0.389. The average molecular weight is 390 g/mol. The number of hydrogen-bond donors (Lipinski definition) is 2. The Hall–Kier alpha value is -2.98. The fourth-order valence-corrected chi connectivity index (χ4v) is 3.20. The summed E-state index contributed by atoms with van der Waals surface area (Å²) in [5.74, 6) is 0.220. The molecule has 0 aliphatic carbocycles. The number of carbonyl (C=O) groups is 2. The van der Waals surface area contributed by atoms with E-state index in [4.69, 9.17) is 9.47 Å². The summed E-state index contributed by atoms with van der Waals surface area (Å²) in [4.78, 5) is 32.6. The predicted molar refractivity (Wildman–Crippen MR) is 99.7 cm³/mol. The van der Waals surface area contributed by atoms with Crippen molar-refractivity contribution in [2.24, 2.45) is 0 Å². The Kier molecular flexibility index (Phi) is 5.44. The number of amides is 2. The number of nitrogens with one attached hydrogen (secondary N) is 2. The maximum atomic E-state index is 12.4.